The molecule has 17 heteroatoms. The zero-order valence-corrected chi connectivity index (χ0v) is 25.8. The summed E-state index contributed by atoms with van der Waals surface area (Å²) in [4.78, 5) is 23.8. The van der Waals surface area contributed by atoms with Crippen molar-refractivity contribution in [2.75, 3.05) is 50.0 Å². The first-order valence-corrected chi connectivity index (χ1v) is 15.8. The molecular weight excluding hydrogens is 664 g/mol. The van der Waals surface area contributed by atoms with E-state index >= 15 is 4.39 Å². The number of rotatable bonds is 7. The van der Waals surface area contributed by atoms with Crippen LogP contribution in [0.4, 0.5) is 37.2 Å². The number of hydrogen-bond acceptors (Lipinski definition) is 10. The Morgan fingerprint density at radius 3 is 2.73 bits per heavy atom. The number of nitrogens with two attached hydrogens (primary N) is 1. The number of thiophene rings is 1. The van der Waals surface area contributed by atoms with Gasteiger partial charge >= 0.3 is 12.2 Å². The maximum absolute atomic E-state index is 16.9. The first-order valence-electron chi connectivity index (χ1n) is 15.0. The van der Waals surface area contributed by atoms with E-state index in [1.54, 1.807) is 6.07 Å². The third-order valence-corrected chi connectivity index (χ3v) is 10.3. The molecule has 0 aliphatic carbocycles. The molecule has 3 aliphatic heterocycles. The van der Waals surface area contributed by atoms with E-state index in [0.29, 0.717) is 30.4 Å². The van der Waals surface area contributed by atoms with Gasteiger partial charge in [0, 0.05) is 42.4 Å². The number of anilines is 2. The summed E-state index contributed by atoms with van der Waals surface area (Å²) >= 11 is 0.661. The van der Waals surface area contributed by atoms with E-state index in [0.717, 1.165) is 18.6 Å². The molecule has 3 saturated heterocycles. The van der Waals surface area contributed by atoms with Gasteiger partial charge in [-0.05, 0) is 37.1 Å². The quantitative estimate of drug-likeness (QED) is 0.239. The fourth-order valence-electron chi connectivity index (χ4n) is 7.16. The van der Waals surface area contributed by atoms with E-state index in [1.165, 1.54) is 4.90 Å². The topological polar surface area (TPSA) is 141 Å². The molecule has 5 heterocycles. The molecule has 4 aromatic rings. The molecule has 4 N–H and O–H groups in total. The Hall–Kier alpha value is -4.40. The Morgan fingerprint density at radius 1 is 1.25 bits per heavy atom. The average Bonchev–Trinajstić information content (AvgIpc) is 3.66. The van der Waals surface area contributed by atoms with E-state index in [9.17, 15) is 32.0 Å². The van der Waals surface area contributed by atoms with Gasteiger partial charge in [-0.15, -0.1) is 11.3 Å². The van der Waals surface area contributed by atoms with Gasteiger partial charge in [0.2, 0.25) is 5.91 Å². The number of halogens is 6. The SMILES string of the molecule is N#Cc1c(N)sc2c(F)ccc(-c3c(C(F)(F)F)cc4c(N5CC(NC(=O)CO)C5)nc(OC[C@@]56CCCN5C[C@H](F)C6)nc4c3F)c12. The van der Waals surface area contributed by atoms with Crippen LogP contribution in [-0.2, 0) is 11.0 Å². The molecule has 3 fully saturated rings. The van der Waals surface area contributed by atoms with E-state index in [-0.39, 0.29) is 70.5 Å². The Morgan fingerprint density at radius 2 is 2.02 bits per heavy atom. The number of carbonyl (C=O) groups excluding carboxylic acids is 1. The molecule has 2 aromatic carbocycles. The second-order valence-electron chi connectivity index (χ2n) is 12.3. The number of ether oxygens (including phenoxy) is 1. The van der Waals surface area contributed by atoms with Gasteiger partial charge in [-0.25, -0.2) is 13.2 Å². The highest BCUT2D eigenvalue weighted by molar-refractivity contribution is 7.23. The Balaban J connectivity index is 1.41. The number of nitrogen functional groups attached to an aromatic ring is 1. The van der Waals surface area contributed by atoms with E-state index in [4.69, 9.17) is 15.6 Å². The first-order chi connectivity index (χ1) is 22.8. The monoisotopic (exact) mass is 691 g/mol. The lowest BCUT2D eigenvalue weighted by atomic mass is 9.92. The number of carbonyl (C=O) groups is 1. The number of alkyl halides is 4. The molecule has 48 heavy (non-hydrogen) atoms. The van der Waals surface area contributed by atoms with Crippen LogP contribution in [0.2, 0.25) is 0 Å². The van der Waals surface area contributed by atoms with Crippen molar-refractivity contribution in [3.8, 4) is 23.2 Å². The Bertz CT molecular complexity index is 2010. The molecule has 7 rings (SSSR count). The van der Waals surface area contributed by atoms with Crippen molar-refractivity contribution in [2.24, 2.45) is 0 Å². The minimum absolute atomic E-state index is 0.0407. The summed E-state index contributed by atoms with van der Waals surface area (Å²) in [7, 11) is 0. The average molecular weight is 692 g/mol. The van der Waals surface area contributed by atoms with Crippen molar-refractivity contribution >= 4 is 49.1 Å². The number of aromatic nitrogens is 2. The highest BCUT2D eigenvalue weighted by Gasteiger charge is 2.49. The van der Waals surface area contributed by atoms with E-state index in [2.05, 4.69) is 15.3 Å². The molecular formula is C31H27F6N7O3S. The molecule has 0 bridgehead atoms. The van der Waals surface area contributed by atoms with Gasteiger partial charge in [0.15, 0.2) is 5.82 Å². The fourth-order valence-corrected chi connectivity index (χ4v) is 8.11. The van der Waals surface area contributed by atoms with Crippen molar-refractivity contribution in [3.05, 3.63) is 41.0 Å². The van der Waals surface area contributed by atoms with Crippen molar-refractivity contribution < 1.29 is 41.0 Å². The van der Waals surface area contributed by atoms with Crippen LogP contribution in [0.15, 0.2) is 18.2 Å². The molecule has 0 spiro atoms. The molecule has 0 radical (unpaired) electrons. The zero-order valence-electron chi connectivity index (χ0n) is 25.0. The number of nitriles is 1. The van der Waals surface area contributed by atoms with Crippen LogP contribution in [0, 0.1) is 23.0 Å². The van der Waals surface area contributed by atoms with E-state index in [1.807, 2.05) is 4.90 Å². The fraction of sp³-hybridized carbons (Fsp3) is 0.419. The smallest absolute Gasteiger partial charge is 0.417 e. The molecule has 0 saturated carbocycles. The molecule has 3 aliphatic rings. The summed E-state index contributed by atoms with van der Waals surface area (Å²) < 4.78 is 96.3. The van der Waals surface area contributed by atoms with Gasteiger partial charge in [0.05, 0.1) is 27.4 Å². The highest BCUT2D eigenvalue weighted by Crippen LogP contribution is 2.48. The van der Waals surface area contributed by atoms with Crippen LogP contribution >= 0.6 is 11.3 Å². The standard InChI is InChI=1S/C31H27F6N7O3S/c32-14-7-30(4-1-5-44(30)9-14)13-47-29-41-25-17(28(42-29)43-10-15(11-43)40-21(46)12-45)6-19(31(35,36)37)23(24(25)34)16-2-3-20(33)26-22(16)18(8-38)27(39)48-26/h2-3,6,14-15,45H,1,4-5,7,9-13,39H2,(H,40,46)/t14-,30+/m1/s1. The second-order valence-corrected chi connectivity index (χ2v) is 13.3. The van der Waals surface area contributed by atoms with Crippen molar-refractivity contribution in [3.63, 3.8) is 0 Å². The van der Waals surface area contributed by atoms with Crippen LogP contribution in [0.1, 0.15) is 30.4 Å². The minimum atomic E-state index is -5.13. The number of fused-ring (bicyclic) bond motifs is 3. The summed E-state index contributed by atoms with van der Waals surface area (Å²) in [6.07, 6.45) is -4.52. The van der Waals surface area contributed by atoms with Gasteiger partial charge in [-0.3, -0.25) is 9.69 Å². The minimum Gasteiger partial charge on any atom is -0.461 e. The summed E-state index contributed by atoms with van der Waals surface area (Å²) in [5.41, 5.74) is 1.68. The normalized spacial score (nSPS) is 21.5. The largest absolute Gasteiger partial charge is 0.461 e. The van der Waals surface area contributed by atoms with Crippen LogP contribution in [0.25, 0.3) is 32.1 Å². The van der Waals surface area contributed by atoms with Crippen LogP contribution < -0.4 is 20.7 Å². The first kappa shape index (κ1) is 32.2. The van der Waals surface area contributed by atoms with Crippen LogP contribution in [0.5, 0.6) is 6.01 Å². The maximum Gasteiger partial charge on any atom is 0.417 e. The predicted molar refractivity (Wildman–Crippen MR) is 164 cm³/mol. The number of aliphatic hydroxyl groups excluding tert-OH is 1. The van der Waals surface area contributed by atoms with Gasteiger partial charge in [-0.2, -0.15) is 28.4 Å². The number of amides is 1. The number of nitrogens with one attached hydrogen (secondary N) is 1. The molecule has 2 aromatic heterocycles. The number of aliphatic hydroxyl groups is 1. The van der Waals surface area contributed by atoms with Crippen LogP contribution in [-0.4, -0.2) is 83.0 Å². The summed E-state index contributed by atoms with van der Waals surface area (Å²) in [5.74, 6) is -3.00. The number of benzene rings is 2. The third kappa shape index (κ3) is 5.22. The second kappa shape index (κ2) is 11.6. The molecule has 0 unspecified atom stereocenters. The zero-order chi connectivity index (χ0) is 34.1. The lowest BCUT2D eigenvalue weighted by molar-refractivity contribution is -0.137. The lowest BCUT2D eigenvalue weighted by Crippen LogP contribution is -2.60. The predicted octanol–water partition coefficient (Wildman–Crippen LogP) is 4.51. The van der Waals surface area contributed by atoms with Gasteiger partial charge in [0.25, 0.3) is 0 Å². The van der Waals surface area contributed by atoms with Crippen LogP contribution in [0.3, 0.4) is 0 Å². The summed E-state index contributed by atoms with van der Waals surface area (Å²) in [6.45, 7) is 0.255. The molecule has 252 valence electrons. The highest BCUT2D eigenvalue weighted by atomic mass is 32.1. The molecule has 10 nitrogen and oxygen atoms in total. The maximum atomic E-state index is 16.9. The van der Waals surface area contributed by atoms with Crippen molar-refractivity contribution in [2.45, 2.75) is 43.2 Å². The number of hydrogen-bond donors (Lipinski definition) is 3. The Labute approximate surface area is 272 Å². The Kier molecular flexibility index (Phi) is 7.80. The van der Waals surface area contributed by atoms with Crippen molar-refractivity contribution in [1.82, 2.24) is 20.2 Å². The molecule has 1 amide bonds. The third-order valence-electron chi connectivity index (χ3n) is 9.32. The number of nitrogens with zero attached hydrogens (tertiary/aromatic N) is 5. The summed E-state index contributed by atoms with van der Waals surface area (Å²) in [6, 6.07) is 3.51. The van der Waals surface area contributed by atoms with Gasteiger partial charge in [0.1, 0.15) is 47.6 Å². The molecule has 2 atom stereocenters. The van der Waals surface area contributed by atoms with Crippen molar-refractivity contribution in [1.29, 1.82) is 5.26 Å². The summed E-state index contributed by atoms with van der Waals surface area (Å²) in [5, 5.41) is 20.7. The van der Waals surface area contributed by atoms with Gasteiger partial charge in [-0.1, -0.05) is 6.07 Å². The van der Waals surface area contributed by atoms with E-state index < -0.39 is 70.3 Å². The van der Waals surface area contributed by atoms with Gasteiger partial charge < -0.3 is 25.8 Å². The lowest BCUT2D eigenvalue weighted by Gasteiger charge is -2.41.